The van der Waals surface area contributed by atoms with Crippen LogP contribution in [0.5, 0.6) is 0 Å². The summed E-state index contributed by atoms with van der Waals surface area (Å²) in [7, 11) is 3.51. The van der Waals surface area contributed by atoms with Gasteiger partial charge >= 0.3 is 0 Å². The van der Waals surface area contributed by atoms with Crippen LogP contribution in [0.25, 0.3) is 0 Å². The first-order valence-corrected chi connectivity index (χ1v) is 6.87. The third-order valence-electron chi connectivity index (χ3n) is 3.19. The maximum absolute atomic E-state index is 12.0. The van der Waals surface area contributed by atoms with Crippen molar-refractivity contribution in [3.8, 4) is 0 Å². The van der Waals surface area contributed by atoms with E-state index in [-0.39, 0.29) is 5.91 Å². The summed E-state index contributed by atoms with van der Waals surface area (Å²) in [6.07, 6.45) is 2.27. The second kappa shape index (κ2) is 7.02. The minimum Gasteiger partial charge on any atom is -0.397 e. The Morgan fingerprint density at radius 2 is 1.95 bits per heavy atom. The molecule has 0 saturated heterocycles. The van der Waals surface area contributed by atoms with Gasteiger partial charge in [-0.1, -0.05) is 13.3 Å². The summed E-state index contributed by atoms with van der Waals surface area (Å²) >= 11 is 0. The molecule has 1 aromatic rings. The predicted molar refractivity (Wildman–Crippen MR) is 81.7 cm³/mol. The first-order chi connectivity index (χ1) is 9.01. The van der Waals surface area contributed by atoms with Crippen LogP contribution >= 0.6 is 0 Å². The Morgan fingerprint density at radius 1 is 1.26 bits per heavy atom. The lowest BCUT2D eigenvalue weighted by Crippen LogP contribution is -2.26. The van der Waals surface area contributed by atoms with E-state index >= 15 is 0 Å². The molecule has 1 amide bonds. The van der Waals surface area contributed by atoms with Crippen molar-refractivity contribution < 1.29 is 4.79 Å². The van der Waals surface area contributed by atoms with E-state index in [1.807, 2.05) is 12.1 Å². The summed E-state index contributed by atoms with van der Waals surface area (Å²) in [5.74, 6) is 0.00722. The number of carbonyl (C=O) groups is 1. The molecule has 0 aliphatic rings. The Kier molecular flexibility index (Phi) is 5.67. The third-order valence-corrected chi connectivity index (χ3v) is 3.19. The van der Waals surface area contributed by atoms with Gasteiger partial charge in [-0.3, -0.25) is 4.79 Å². The molecule has 1 aromatic carbocycles. The quantitative estimate of drug-likeness (QED) is 0.803. The zero-order chi connectivity index (χ0) is 14.4. The monoisotopic (exact) mass is 263 g/mol. The fraction of sp³-hybridized carbons (Fsp3) is 0.533. The fourth-order valence-electron chi connectivity index (χ4n) is 2.01. The Bertz CT molecular complexity index is 429. The fourth-order valence-corrected chi connectivity index (χ4v) is 2.01. The van der Waals surface area contributed by atoms with Crippen LogP contribution in [0, 0.1) is 0 Å². The second-order valence-electron chi connectivity index (χ2n) is 4.91. The lowest BCUT2D eigenvalue weighted by Gasteiger charge is -2.25. The molecule has 19 heavy (non-hydrogen) atoms. The van der Waals surface area contributed by atoms with Crippen LogP contribution in [0.1, 0.15) is 37.0 Å². The molecule has 2 N–H and O–H groups in total. The van der Waals surface area contributed by atoms with Gasteiger partial charge in [0.05, 0.1) is 11.4 Å². The standard InChI is InChI=1S/C15H25N3O/c1-5-7-10-18(6-2)14-11-12(8-9-13(14)16)15(19)17(3)4/h8-9,11H,5-7,10,16H2,1-4H3. The highest BCUT2D eigenvalue weighted by Gasteiger charge is 2.13. The number of nitrogen functional groups attached to an aromatic ring is 1. The highest BCUT2D eigenvalue weighted by Crippen LogP contribution is 2.25. The van der Waals surface area contributed by atoms with E-state index in [0.717, 1.165) is 37.3 Å². The summed E-state index contributed by atoms with van der Waals surface area (Å²) in [4.78, 5) is 15.8. The zero-order valence-electron chi connectivity index (χ0n) is 12.4. The Morgan fingerprint density at radius 3 is 2.47 bits per heavy atom. The number of amides is 1. The van der Waals surface area contributed by atoms with Crippen molar-refractivity contribution in [3.63, 3.8) is 0 Å². The molecule has 0 saturated carbocycles. The number of benzene rings is 1. The molecule has 4 heteroatoms. The summed E-state index contributed by atoms with van der Waals surface area (Å²) in [6, 6.07) is 5.51. The van der Waals surface area contributed by atoms with Gasteiger partial charge in [0.15, 0.2) is 0 Å². The summed E-state index contributed by atoms with van der Waals surface area (Å²) in [5.41, 5.74) is 8.42. The van der Waals surface area contributed by atoms with Gasteiger partial charge < -0.3 is 15.5 Å². The number of unbranched alkanes of at least 4 members (excludes halogenated alkanes) is 1. The van der Waals surface area contributed by atoms with Gasteiger partial charge in [-0.2, -0.15) is 0 Å². The van der Waals surface area contributed by atoms with E-state index in [1.165, 1.54) is 0 Å². The topological polar surface area (TPSA) is 49.6 Å². The minimum absolute atomic E-state index is 0.00722. The van der Waals surface area contributed by atoms with Crippen LogP contribution in [-0.2, 0) is 0 Å². The van der Waals surface area contributed by atoms with E-state index in [4.69, 9.17) is 5.73 Å². The predicted octanol–water partition coefficient (Wildman–Crippen LogP) is 2.60. The molecule has 0 aromatic heterocycles. The lowest BCUT2D eigenvalue weighted by molar-refractivity contribution is 0.0827. The molecule has 0 aliphatic heterocycles. The van der Waals surface area contributed by atoms with Gasteiger partial charge in [0, 0.05) is 32.7 Å². The van der Waals surface area contributed by atoms with Gasteiger partial charge in [-0.25, -0.2) is 0 Å². The summed E-state index contributed by atoms with van der Waals surface area (Å²) in [5, 5.41) is 0. The maximum atomic E-state index is 12.0. The van der Waals surface area contributed by atoms with E-state index in [2.05, 4.69) is 18.7 Å². The van der Waals surface area contributed by atoms with Crippen molar-refractivity contribution in [1.82, 2.24) is 4.90 Å². The van der Waals surface area contributed by atoms with E-state index in [9.17, 15) is 4.79 Å². The average Bonchev–Trinajstić information content (AvgIpc) is 2.40. The maximum Gasteiger partial charge on any atom is 0.253 e. The largest absolute Gasteiger partial charge is 0.397 e. The summed E-state index contributed by atoms with van der Waals surface area (Å²) < 4.78 is 0. The highest BCUT2D eigenvalue weighted by atomic mass is 16.2. The summed E-state index contributed by atoms with van der Waals surface area (Å²) in [6.45, 7) is 6.14. The molecular formula is C15H25N3O. The number of nitrogens with zero attached hydrogens (tertiary/aromatic N) is 2. The molecule has 106 valence electrons. The highest BCUT2D eigenvalue weighted by molar-refractivity contribution is 5.96. The third kappa shape index (κ3) is 3.88. The van der Waals surface area contributed by atoms with Crippen LogP contribution in [-0.4, -0.2) is 38.0 Å². The zero-order valence-corrected chi connectivity index (χ0v) is 12.4. The number of anilines is 2. The molecule has 0 unspecified atom stereocenters. The second-order valence-corrected chi connectivity index (χ2v) is 4.91. The minimum atomic E-state index is 0.00722. The smallest absolute Gasteiger partial charge is 0.253 e. The van der Waals surface area contributed by atoms with Gasteiger partial charge in [-0.05, 0) is 31.5 Å². The molecule has 0 atom stereocenters. The van der Waals surface area contributed by atoms with Crippen LogP contribution in [0.3, 0.4) is 0 Å². The molecular weight excluding hydrogens is 238 g/mol. The van der Waals surface area contributed by atoms with Crippen LogP contribution in [0.4, 0.5) is 11.4 Å². The van der Waals surface area contributed by atoms with Gasteiger partial charge in [0.25, 0.3) is 5.91 Å². The lowest BCUT2D eigenvalue weighted by atomic mass is 10.1. The first kappa shape index (κ1) is 15.3. The SMILES string of the molecule is CCCCN(CC)c1cc(C(=O)N(C)C)ccc1N. The number of hydrogen-bond donors (Lipinski definition) is 1. The van der Waals surface area contributed by atoms with Crippen molar-refractivity contribution in [2.45, 2.75) is 26.7 Å². The normalized spacial score (nSPS) is 10.3. The number of rotatable bonds is 6. The molecule has 0 radical (unpaired) electrons. The molecule has 0 spiro atoms. The van der Waals surface area contributed by atoms with Crippen molar-refractivity contribution in [1.29, 1.82) is 0 Å². The van der Waals surface area contributed by atoms with Gasteiger partial charge in [0.2, 0.25) is 0 Å². The van der Waals surface area contributed by atoms with Crippen molar-refractivity contribution in [2.75, 3.05) is 37.8 Å². The van der Waals surface area contributed by atoms with Crippen molar-refractivity contribution in [2.24, 2.45) is 0 Å². The Hall–Kier alpha value is -1.71. The van der Waals surface area contributed by atoms with Crippen molar-refractivity contribution >= 4 is 17.3 Å². The van der Waals surface area contributed by atoms with Gasteiger partial charge in [0.1, 0.15) is 0 Å². The molecule has 0 aliphatic carbocycles. The van der Waals surface area contributed by atoms with E-state index in [0.29, 0.717) is 5.56 Å². The average molecular weight is 263 g/mol. The van der Waals surface area contributed by atoms with Gasteiger partial charge in [-0.15, -0.1) is 0 Å². The molecule has 0 bridgehead atoms. The van der Waals surface area contributed by atoms with Crippen LogP contribution in [0.15, 0.2) is 18.2 Å². The van der Waals surface area contributed by atoms with Crippen LogP contribution < -0.4 is 10.6 Å². The van der Waals surface area contributed by atoms with Crippen molar-refractivity contribution in [3.05, 3.63) is 23.8 Å². The molecule has 1 rings (SSSR count). The van der Waals surface area contributed by atoms with Crippen LogP contribution in [0.2, 0.25) is 0 Å². The molecule has 4 nitrogen and oxygen atoms in total. The number of nitrogens with two attached hydrogens (primary N) is 1. The van der Waals surface area contributed by atoms with E-state index in [1.54, 1.807) is 25.1 Å². The molecule has 0 heterocycles. The number of hydrogen-bond acceptors (Lipinski definition) is 3. The number of carbonyl (C=O) groups excluding carboxylic acids is 1. The molecule has 0 fully saturated rings. The Labute approximate surface area is 116 Å². The van der Waals surface area contributed by atoms with E-state index < -0.39 is 0 Å². The first-order valence-electron chi connectivity index (χ1n) is 6.87. The Balaban J connectivity index is 3.04.